The fourth-order valence-electron chi connectivity index (χ4n) is 2.97. The van der Waals surface area contributed by atoms with Gasteiger partial charge in [0.2, 0.25) is 0 Å². The Morgan fingerprint density at radius 3 is 2.52 bits per heavy atom. The number of aromatic nitrogens is 2. The van der Waals surface area contributed by atoms with Gasteiger partial charge in [0.15, 0.2) is 0 Å². The van der Waals surface area contributed by atoms with Crippen molar-refractivity contribution in [3.63, 3.8) is 0 Å². The van der Waals surface area contributed by atoms with Gasteiger partial charge in [-0.2, -0.15) is 0 Å². The van der Waals surface area contributed by atoms with Crippen LogP contribution in [-0.2, 0) is 11.2 Å². The van der Waals surface area contributed by atoms with Crippen LogP contribution in [0.3, 0.4) is 0 Å². The molecule has 0 unspecified atom stereocenters. The van der Waals surface area contributed by atoms with E-state index in [4.69, 9.17) is 0 Å². The number of nitrogens with zero attached hydrogens (tertiary/aromatic N) is 1. The zero-order valence-corrected chi connectivity index (χ0v) is 12.1. The van der Waals surface area contributed by atoms with Gasteiger partial charge in [0.05, 0.1) is 0 Å². The van der Waals surface area contributed by atoms with Gasteiger partial charge < -0.3 is 14.7 Å². The maximum absolute atomic E-state index is 11.7. The summed E-state index contributed by atoms with van der Waals surface area (Å²) in [7, 11) is 0. The predicted molar refractivity (Wildman–Crippen MR) is 82.6 cm³/mol. The number of aromatic amines is 1. The molecule has 4 heteroatoms. The van der Waals surface area contributed by atoms with E-state index in [1.54, 1.807) is 0 Å². The van der Waals surface area contributed by atoms with Gasteiger partial charge in [0.1, 0.15) is 6.04 Å². The Bertz CT molecular complexity index is 779. The van der Waals surface area contributed by atoms with Crippen LogP contribution in [0.5, 0.6) is 0 Å². The second-order valence-corrected chi connectivity index (χ2v) is 5.40. The molecule has 0 aliphatic heterocycles. The Morgan fingerprint density at radius 2 is 1.86 bits per heavy atom. The van der Waals surface area contributed by atoms with E-state index in [2.05, 4.69) is 4.98 Å². The molecular formula is C17H18N2O2. The first kappa shape index (κ1) is 13.5. The van der Waals surface area contributed by atoms with Gasteiger partial charge in [-0.25, -0.2) is 4.79 Å². The Balaban J connectivity index is 2.02. The summed E-state index contributed by atoms with van der Waals surface area (Å²) in [5.74, 6) is -0.803. The van der Waals surface area contributed by atoms with Crippen molar-refractivity contribution in [3.8, 4) is 0 Å². The predicted octanol–water partition coefficient (Wildman–Crippen LogP) is 3.45. The van der Waals surface area contributed by atoms with Crippen LogP contribution in [0.1, 0.15) is 23.0 Å². The fourth-order valence-corrected chi connectivity index (χ4v) is 2.97. The molecule has 0 fully saturated rings. The third kappa shape index (κ3) is 2.33. The maximum atomic E-state index is 11.7. The van der Waals surface area contributed by atoms with Crippen LogP contribution in [-0.4, -0.2) is 20.6 Å². The lowest BCUT2D eigenvalue weighted by atomic mass is 10.0. The van der Waals surface area contributed by atoms with E-state index in [1.165, 1.54) is 0 Å². The minimum atomic E-state index is -0.803. The van der Waals surface area contributed by atoms with E-state index in [-0.39, 0.29) is 0 Å². The molecule has 2 aromatic heterocycles. The molecule has 0 saturated heterocycles. The van der Waals surface area contributed by atoms with E-state index in [0.717, 1.165) is 27.9 Å². The normalized spacial score (nSPS) is 12.7. The number of benzene rings is 1. The third-order valence-corrected chi connectivity index (χ3v) is 4.01. The van der Waals surface area contributed by atoms with Crippen LogP contribution in [0, 0.1) is 13.8 Å². The van der Waals surface area contributed by atoms with Gasteiger partial charge in [-0.05, 0) is 37.6 Å². The second-order valence-electron chi connectivity index (χ2n) is 5.40. The summed E-state index contributed by atoms with van der Waals surface area (Å²) in [6.45, 7) is 3.89. The molecule has 3 aromatic rings. The standard InChI is InChI=1S/C17H18N2O2/c1-11-7-8-12(2)19(11)16(17(20)21)9-13-10-18-15-6-4-3-5-14(13)15/h3-8,10,16,18H,9H2,1-2H3,(H,20,21)/t16-/m1/s1. The molecule has 0 aliphatic carbocycles. The van der Waals surface area contributed by atoms with E-state index in [1.807, 2.05) is 61.0 Å². The second kappa shape index (κ2) is 5.13. The van der Waals surface area contributed by atoms with Crippen molar-refractivity contribution in [3.05, 3.63) is 59.5 Å². The minimum Gasteiger partial charge on any atom is -0.480 e. The largest absolute Gasteiger partial charge is 0.480 e. The number of rotatable bonds is 4. The lowest BCUT2D eigenvalue weighted by Crippen LogP contribution is -2.23. The molecule has 108 valence electrons. The highest BCUT2D eigenvalue weighted by atomic mass is 16.4. The van der Waals surface area contributed by atoms with Crippen LogP contribution in [0.2, 0.25) is 0 Å². The van der Waals surface area contributed by atoms with Gasteiger partial charge >= 0.3 is 5.97 Å². The highest BCUT2D eigenvalue weighted by molar-refractivity contribution is 5.84. The molecule has 21 heavy (non-hydrogen) atoms. The molecule has 2 N–H and O–H groups in total. The van der Waals surface area contributed by atoms with Gasteiger partial charge in [-0.15, -0.1) is 0 Å². The maximum Gasteiger partial charge on any atom is 0.327 e. The number of hydrogen-bond donors (Lipinski definition) is 2. The van der Waals surface area contributed by atoms with Gasteiger partial charge in [0, 0.05) is 34.9 Å². The number of para-hydroxylation sites is 1. The minimum absolute atomic E-state index is 0.468. The molecular weight excluding hydrogens is 264 g/mol. The zero-order valence-electron chi connectivity index (χ0n) is 12.1. The number of carboxylic acids is 1. The molecule has 0 bridgehead atoms. The number of aryl methyl sites for hydroxylation is 2. The summed E-state index contributed by atoms with van der Waals surface area (Å²) in [5.41, 5.74) is 4.02. The Morgan fingerprint density at radius 1 is 1.19 bits per heavy atom. The van der Waals surface area contributed by atoms with Crippen molar-refractivity contribution in [2.45, 2.75) is 26.3 Å². The van der Waals surface area contributed by atoms with E-state index >= 15 is 0 Å². The molecule has 0 spiro atoms. The van der Waals surface area contributed by atoms with Crippen LogP contribution < -0.4 is 0 Å². The number of nitrogens with one attached hydrogen (secondary N) is 1. The summed E-state index contributed by atoms with van der Waals surface area (Å²) >= 11 is 0. The lowest BCUT2D eigenvalue weighted by Gasteiger charge is -2.18. The number of aliphatic carboxylic acids is 1. The van der Waals surface area contributed by atoms with Crippen LogP contribution in [0.15, 0.2) is 42.6 Å². The summed E-state index contributed by atoms with van der Waals surface area (Å²) in [6.07, 6.45) is 2.38. The first-order valence-corrected chi connectivity index (χ1v) is 7.00. The number of H-pyrrole nitrogens is 1. The summed E-state index contributed by atoms with van der Waals surface area (Å²) < 4.78 is 1.89. The number of carboxylic acid groups (broad SMARTS) is 1. The zero-order chi connectivity index (χ0) is 15.0. The Hall–Kier alpha value is -2.49. The lowest BCUT2D eigenvalue weighted by molar-refractivity contribution is -0.141. The summed E-state index contributed by atoms with van der Waals surface area (Å²) in [5, 5.41) is 10.7. The van der Waals surface area contributed by atoms with Gasteiger partial charge in [-0.1, -0.05) is 18.2 Å². The highest BCUT2D eigenvalue weighted by Gasteiger charge is 2.23. The van der Waals surface area contributed by atoms with Crippen molar-refractivity contribution in [1.29, 1.82) is 0 Å². The number of carbonyl (C=O) groups is 1. The van der Waals surface area contributed by atoms with Crippen molar-refractivity contribution in [1.82, 2.24) is 9.55 Å². The van der Waals surface area contributed by atoms with Crippen molar-refractivity contribution >= 4 is 16.9 Å². The van der Waals surface area contributed by atoms with Gasteiger partial charge in [-0.3, -0.25) is 0 Å². The van der Waals surface area contributed by atoms with Crippen molar-refractivity contribution in [2.75, 3.05) is 0 Å². The first-order chi connectivity index (χ1) is 10.1. The first-order valence-electron chi connectivity index (χ1n) is 7.00. The van der Waals surface area contributed by atoms with Gasteiger partial charge in [0.25, 0.3) is 0 Å². The summed E-state index contributed by atoms with van der Waals surface area (Å²) in [4.78, 5) is 14.9. The number of fused-ring (bicyclic) bond motifs is 1. The topological polar surface area (TPSA) is 58.0 Å². The van der Waals surface area contributed by atoms with E-state index in [9.17, 15) is 9.90 Å². The quantitative estimate of drug-likeness (QED) is 0.770. The average Bonchev–Trinajstić information content (AvgIpc) is 3.01. The molecule has 0 saturated carbocycles. The van der Waals surface area contributed by atoms with Crippen molar-refractivity contribution in [2.24, 2.45) is 0 Å². The smallest absolute Gasteiger partial charge is 0.327 e. The molecule has 0 amide bonds. The SMILES string of the molecule is Cc1ccc(C)n1[C@H](Cc1c[nH]c2ccccc12)C(=O)O. The Labute approximate surface area is 123 Å². The average molecular weight is 282 g/mol. The fraction of sp³-hybridized carbons (Fsp3) is 0.235. The van der Waals surface area contributed by atoms with E-state index < -0.39 is 12.0 Å². The van der Waals surface area contributed by atoms with Crippen LogP contribution >= 0.6 is 0 Å². The molecule has 0 aliphatic rings. The monoisotopic (exact) mass is 282 g/mol. The molecule has 1 atom stereocenters. The van der Waals surface area contributed by atoms with Crippen molar-refractivity contribution < 1.29 is 9.90 Å². The van der Waals surface area contributed by atoms with Crippen LogP contribution in [0.4, 0.5) is 0 Å². The molecule has 4 nitrogen and oxygen atoms in total. The number of hydrogen-bond acceptors (Lipinski definition) is 1. The molecule has 0 radical (unpaired) electrons. The van der Waals surface area contributed by atoms with E-state index in [0.29, 0.717) is 6.42 Å². The molecule has 1 aromatic carbocycles. The van der Waals surface area contributed by atoms with Crippen LogP contribution in [0.25, 0.3) is 10.9 Å². The Kier molecular flexibility index (Phi) is 3.29. The molecule has 2 heterocycles. The molecule has 3 rings (SSSR count). The summed E-state index contributed by atoms with van der Waals surface area (Å²) in [6, 6.07) is 11.3. The third-order valence-electron chi connectivity index (χ3n) is 4.01. The highest BCUT2D eigenvalue weighted by Crippen LogP contribution is 2.25.